The van der Waals surface area contributed by atoms with Crippen LogP contribution in [0.25, 0.3) is 0 Å². The van der Waals surface area contributed by atoms with Crippen molar-refractivity contribution in [2.24, 2.45) is 5.73 Å². The van der Waals surface area contributed by atoms with Gasteiger partial charge in [0.15, 0.2) is 0 Å². The van der Waals surface area contributed by atoms with Crippen LogP contribution in [-0.4, -0.2) is 14.8 Å². The predicted molar refractivity (Wildman–Crippen MR) is 67.5 cm³/mol. The maximum atomic E-state index is 6.23. The van der Waals surface area contributed by atoms with Gasteiger partial charge in [-0.1, -0.05) is 31.2 Å². The Morgan fingerprint density at radius 1 is 1.29 bits per heavy atom. The van der Waals surface area contributed by atoms with Crippen LogP contribution in [-0.2, 0) is 6.42 Å². The number of hydrogen-bond donors (Lipinski definition) is 1. The van der Waals surface area contributed by atoms with Crippen LogP contribution in [0.2, 0.25) is 0 Å². The van der Waals surface area contributed by atoms with E-state index in [-0.39, 0.29) is 12.1 Å². The average Bonchev–Trinajstić information content (AvgIpc) is 2.91. The van der Waals surface area contributed by atoms with Gasteiger partial charge in [-0.25, -0.2) is 9.67 Å². The Morgan fingerprint density at radius 2 is 2.00 bits per heavy atom. The molecule has 1 aromatic carbocycles. The number of rotatable bonds is 4. The lowest BCUT2D eigenvalue weighted by atomic mass is 10.00. The van der Waals surface area contributed by atoms with Crippen LogP contribution >= 0.6 is 0 Å². The molecule has 0 radical (unpaired) electrons. The zero-order chi connectivity index (χ0) is 12.3. The zero-order valence-electron chi connectivity index (χ0n) is 10.2. The van der Waals surface area contributed by atoms with Gasteiger partial charge in [-0.15, -0.1) is 0 Å². The highest BCUT2D eigenvalue weighted by Gasteiger charge is 2.16. The van der Waals surface area contributed by atoms with Gasteiger partial charge in [0.2, 0.25) is 0 Å². The molecular weight excluding hydrogens is 212 g/mol. The minimum atomic E-state index is -0.0670. The van der Waals surface area contributed by atoms with Gasteiger partial charge in [0.1, 0.15) is 12.7 Å². The monoisotopic (exact) mass is 230 g/mol. The Morgan fingerprint density at radius 3 is 2.53 bits per heavy atom. The van der Waals surface area contributed by atoms with Gasteiger partial charge in [0.25, 0.3) is 0 Å². The highest BCUT2D eigenvalue weighted by Crippen LogP contribution is 2.22. The molecule has 2 unspecified atom stereocenters. The molecule has 2 rings (SSSR count). The molecule has 4 heteroatoms. The molecule has 1 aromatic heterocycles. The molecule has 0 spiro atoms. The fraction of sp³-hybridized carbons (Fsp3) is 0.385. The third-order valence-corrected chi connectivity index (χ3v) is 3.15. The predicted octanol–water partition coefficient (Wildman–Crippen LogP) is 2.10. The van der Waals surface area contributed by atoms with E-state index in [1.165, 1.54) is 11.9 Å². The topological polar surface area (TPSA) is 56.7 Å². The van der Waals surface area contributed by atoms with E-state index in [9.17, 15) is 0 Å². The number of nitrogens with two attached hydrogens (primary N) is 1. The summed E-state index contributed by atoms with van der Waals surface area (Å²) >= 11 is 0. The number of benzene rings is 1. The van der Waals surface area contributed by atoms with E-state index in [0.717, 1.165) is 12.0 Å². The fourth-order valence-electron chi connectivity index (χ4n) is 1.85. The van der Waals surface area contributed by atoms with Crippen molar-refractivity contribution in [1.82, 2.24) is 14.8 Å². The second kappa shape index (κ2) is 5.10. The van der Waals surface area contributed by atoms with Crippen molar-refractivity contribution in [3.63, 3.8) is 0 Å². The molecule has 1 heterocycles. The number of aromatic nitrogens is 3. The van der Waals surface area contributed by atoms with Gasteiger partial charge < -0.3 is 5.73 Å². The summed E-state index contributed by atoms with van der Waals surface area (Å²) in [6.07, 6.45) is 4.28. The molecule has 0 aliphatic carbocycles. The first-order valence-electron chi connectivity index (χ1n) is 5.91. The van der Waals surface area contributed by atoms with E-state index in [4.69, 9.17) is 5.73 Å². The molecule has 0 bridgehead atoms. The Bertz CT molecular complexity index is 447. The van der Waals surface area contributed by atoms with Crippen LogP contribution in [0, 0.1) is 0 Å². The van der Waals surface area contributed by atoms with Crippen LogP contribution in [0.15, 0.2) is 36.9 Å². The highest BCUT2D eigenvalue weighted by atomic mass is 15.3. The van der Waals surface area contributed by atoms with E-state index in [1.807, 2.05) is 6.92 Å². The normalized spacial score (nSPS) is 14.5. The zero-order valence-corrected chi connectivity index (χ0v) is 10.2. The summed E-state index contributed by atoms with van der Waals surface area (Å²) in [4.78, 5) is 3.94. The molecule has 0 aliphatic heterocycles. The third-order valence-electron chi connectivity index (χ3n) is 3.15. The van der Waals surface area contributed by atoms with E-state index in [2.05, 4.69) is 41.3 Å². The van der Waals surface area contributed by atoms with Crippen molar-refractivity contribution in [3.8, 4) is 0 Å². The van der Waals surface area contributed by atoms with Crippen molar-refractivity contribution in [1.29, 1.82) is 0 Å². The van der Waals surface area contributed by atoms with Crippen LogP contribution < -0.4 is 5.73 Å². The molecule has 0 aliphatic rings. The van der Waals surface area contributed by atoms with Crippen LogP contribution in [0.3, 0.4) is 0 Å². The first kappa shape index (κ1) is 11.8. The van der Waals surface area contributed by atoms with Crippen LogP contribution in [0.5, 0.6) is 0 Å². The van der Waals surface area contributed by atoms with Gasteiger partial charge >= 0.3 is 0 Å². The summed E-state index contributed by atoms with van der Waals surface area (Å²) < 4.78 is 1.79. The van der Waals surface area contributed by atoms with Gasteiger partial charge in [0, 0.05) is 0 Å². The van der Waals surface area contributed by atoms with Crippen molar-refractivity contribution in [2.45, 2.75) is 32.4 Å². The molecule has 0 saturated carbocycles. The largest absolute Gasteiger partial charge is 0.322 e. The van der Waals surface area contributed by atoms with Crippen molar-refractivity contribution in [2.75, 3.05) is 0 Å². The smallest absolute Gasteiger partial charge is 0.137 e. The first-order chi connectivity index (χ1) is 8.22. The van der Waals surface area contributed by atoms with E-state index >= 15 is 0 Å². The molecule has 4 nitrogen and oxygen atoms in total. The van der Waals surface area contributed by atoms with Crippen molar-refractivity contribution >= 4 is 0 Å². The Kier molecular flexibility index (Phi) is 3.54. The molecular formula is C13H18N4. The quantitative estimate of drug-likeness (QED) is 0.875. The van der Waals surface area contributed by atoms with E-state index in [1.54, 1.807) is 11.0 Å². The molecule has 0 amide bonds. The molecule has 90 valence electrons. The summed E-state index contributed by atoms with van der Waals surface area (Å²) in [7, 11) is 0. The summed E-state index contributed by atoms with van der Waals surface area (Å²) in [5, 5.41) is 4.12. The summed E-state index contributed by atoms with van der Waals surface area (Å²) in [6, 6.07) is 8.48. The SMILES string of the molecule is CCc1ccc(C(N)C(C)n2cncn2)cc1. The average molecular weight is 230 g/mol. The maximum Gasteiger partial charge on any atom is 0.137 e. The van der Waals surface area contributed by atoms with Gasteiger partial charge in [-0.05, 0) is 24.5 Å². The number of aryl methyl sites for hydroxylation is 1. The molecule has 0 fully saturated rings. The Balaban J connectivity index is 2.16. The molecule has 2 atom stereocenters. The van der Waals surface area contributed by atoms with Gasteiger partial charge in [-0.2, -0.15) is 5.10 Å². The molecule has 2 N–H and O–H groups in total. The van der Waals surface area contributed by atoms with E-state index in [0.29, 0.717) is 0 Å². The standard InChI is InChI=1S/C13H18N4/c1-3-11-4-6-12(7-5-11)13(14)10(2)17-9-15-8-16-17/h4-10,13H,3,14H2,1-2H3. The van der Waals surface area contributed by atoms with Crippen LogP contribution in [0.4, 0.5) is 0 Å². The lowest BCUT2D eigenvalue weighted by Crippen LogP contribution is -2.22. The highest BCUT2D eigenvalue weighted by molar-refractivity contribution is 5.25. The summed E-state index contributed by atoms with van der Waals surface area (Å²) in [5.74, 6) is 0. The Hall–Kier alpha value is -1.68. The maximum absolute atomic E-state index is 6.23. The van der Waals surface area contributed by atoms with Crippen molar-refractivity contribution in [3.05, 3.63) is 48.0 Å². The molecule has 17 heavy (non-hydrogen) atoms. The molecule has 0 saturated heterocycles. The molecule has 2 aromatic rings. The number of nitrogens with zero attached hydrogens (tertiary/aromatic N) is 3. The van der Waals surface area contributed by atoms with Gasteiger partial charge in [-0.3, -0.25) is 0 Å². The third kappa shape index (κ3) is 2.53. The minimum absolute atomic E-state index is 0.0670. The minimum Gasteiger partial charge on any atom is -0.322 e. The lowest BCUT2D eigenvalue weighted by Gasteiger charge is -2.20. The van der Waals surface area contributed by atoms with E-state index < -0.39 is 0 Å². The number of hydrogen-bond acceptors (Lipinski definition) is 3. The Labute approximate surface area is 101 Å². The lowest BCUT2D eigenvalue weighted by molar-refractivity contribution is 0.414. The van der Waals surface area contributed by atoms with Crippen molar-refractivity contribution < 1.29 is 0 Å². The summed E-state index contributed by atoms with van der Waals surface area (Å²) in [6.45, 7) is 4.19. The second-order valence-electron chi connectivity index (χ2n) is 4.24. The first-order valence-corrected chi connectivity index (χ1v) is 5.91. The van der Waals surface area contributed by atoms with Crippen LogP contribution in [0.1, 0.15) is 37.1 Å². The fourth-order valence-corrected chi connectivity index (χ4v) is 1.85. The van der Waals surface area contributed by atoms with Gasteiger partial charge in [0.05, 0.1) is 12.1 Å². The second-order valence-corrected chi connectivity index (χ2v) is 4.24. The summed E-state index contributed by atoms with van der Waals surface area (Å²) in [5.41, 5.74) is 8.69.